The molecule has 0 aromatic heterocycles. The zero-order chi connectivity index (χ0) is 15.8. The zero-order valence-electron chi connectivity index (χ0n) is 11.7. The van der Waals surface area contributed by atoms with Gasteiger partial charge in [0.05, 0.1) is 17.3 Å². The number of benzene rings is 1. The first-order valence-corrected chi connectivity index (χ1v) is 6.64. The monoisotopic (exact) mass is 304 g/mol. The number of rotatable bonds is 3. The van der Waals surface area contributed by atoms with E-state index in [9.17, 15) is 22.4 Å². The molecule has 0 spiro atoms. The van der Waals surface area contributed by atoms with Crippen molar-refractivity contribution in [2.75, 3.05) is 11.4 Å². The third kappa shape index (κ3) is 3.34. The fraction of sp³-hybridized carbons (Fsp3) is 0.500. The fourth-order valence-corrected chi connectivity index (χ4v) is 2.37. The average Bonchev–Trinajstić information content (AvgIpc) is 2.70. The third-order valence-electron chi connectivity index (χ3n) is 3.30. The molecule has 1 saturated heterocycles. The number of alkyl halides is 3. The molecule has 1 atom stereocenters. The number of nitrogens with zero attached hydrogens (tertiary/aromatic N) is 1. The first-order chi connectivity index (χ1) is 9.70. The number of nitrogens with one attached hydrogen (secondary N) is 1. The Hall–Kier alpha value is -1.63. The summed E-state index contributed by atoms with van der Waals surface area (Å²) in [5.74, 6) is -1.23. The van der Waals surface area contributed by atoms with Crippen molar-refractivity contribution in [3.8, 4) is 0 Å². The van der Waals surface area contributed by atoms with Crippen molar-refractivity contribution in [3.05, 3.63) is 29.6 Å². The molecule has 2 rings (SSSR count). The lowest BCUT2D eigenvalue weighted by molar-refractivity contribution is -0.137. The molecule has 1 N–H and O–H groups in total. The van der Waals surface area contributed by atoms with E-state index in [0.29, 0.717) is 18.6 Å². The summed E-state index contributed by atoms with van der Waals surface area (Å²) in [7, 11) is 0. The van der Waals surface area contributed by atoms with E-state index in [1.165, 1.54) is 0 Å². The Balaban J connectivity index is 2.28. The highest BCUT2D eigenvalue weighted by Crippen LogP contribution is 2.34. The summed E-state index contributed by atoms with van der Waals surface area (Å²) in [6.45, 7) is 3.92. The highest BCUT2D eigenvalue weighted by atomic mass is 19.4. The molecule has 7 heteroatoms. The van der Waals surface area contributed by atoms with Gasteiger partial charge in [-0.25, -0.2) is 4.39 Å². The van der Waals surface area contributed by atoms with Crippen LogP contribution in [0.5, 0.6) is 0 Å². The molecule has 1 fully saturated rings. The van der Waals surface area contributed by atoms with Crippen molar-refractivity contribution in [2.24, 2.45) is 0 Å². The molecule has 0 radical (unpaired) electrons. The Morgan fingerprint density at radius 3 is 2.57 bits per heavy atom. The number of amides is 1. The normalized spacial score (nSPS) is 19.7. The molecule has 0 bridgehead atoms. The van der Waals surface area contributed by atoms with Crippen LogP contribution in [0.2, 0.25) is 0 Å². The summed E-state index contributed by atoms with van der Waals surface area (Å²) >= 11 is 0. The van der Waals surface area contributed by atoms with Crippen molar-refractivity contribution in [1.29, 1.82) is 0 Å². The second kappa shape index (κ2) is 5.63. The molecule has 1 aromatic carbocycles. The van der Waals surface area contributed by atoms with E-state index in [1.54, 1.807) is 0 Å². The summed E-state index contributed by atoms with van der Waals surface area (Å²) in [6, 6.07) is 1.67. The minimum Gasteiger partial charge on any atom is -0.308 e. The summed E-state index contributed by atoms with van der Waals surface area (Å²) in [6.07, 6.45) is -4.13. The van der Waals surface area contributed by atoms with Crippen LogP contribution in [0.4, 0.5) is 23.2 Å². The van der Waals surface area contributed by atoms with Gasteiger partial charge in [-0.05, 0) is 24.6 Å². The highest BCUT2D eigenvalue weighted by Gasteiger charge is 2.36. The maximum Gasteiger partial charge on any atom is 0.416 e. The van der Waals surface area contributed by atoms with E-state index >= 15 is 0 Å². The SMILES string of the molecule is CC(C)NC1CCN(c2cc(C(F)(F)F)ccc2F)C1=O. The predicted octanol–water partition coefficient (Wildman–Crippen LogP) is 2.95. The van der Waals surface area contributed by atoms with Crippen molar-refractivity contribution < 1.29 is 22.4 Å². The Labute approximate surface area is 119 Å². The average molecular weight is 304 g/mol. The molecule has 1 aliphatic rings. The van der Waals surface area contributed by atoms with Gasteiger partial charge in [0.1, 0.15) is 5.82 Å². The first-order valence-electron chi connectivity index (χ1n) is 6.64. The number of anilines is 1. The number of halogens is 4. The molecule has 3 nitrogen and oxygen atoms in total. The van der Waals surface area contributed by atoms with Crippen LogP contribution in [0, 0.1) is 5.82 Å². The first kappa shape index (κ1) is 15.8. The number of carbonyl (C=O) groups is 1. The molecule has 1 aliphatic heterocycles. The molecule has 1 heterocycles. The van der Waals surface area contributed by atoms with Gasteiger partial charge in [0.2, 0.25) is 5.91 Å². The minimum atomic E-state index is -4.57. The largest absolute Gasteiger partial charge is 0.416 e. The van der Waals surface area contributed by atoms with Crippen molar-refractivity contribution in [2.45, 2.75) is 38.5 Å². The van der Waals surface area contributed by atoms with Gasteiger partial charge >= 0.3 is 6.18 Å². The van der Waals surface area contributed by atoms with Crippen LogP contribution in [0.15, 0.2) is 18.2 Å². The molecule has 1 unspecified atom stereocenters. The smallest absolute Gasteiger partial charge is 0.308 e. The summed E-state index contributed by atoms with van der Waals surface area (Å²) in [4.78, 5) is 13.2. The van der Waals surface area contributed by atoms with Crippen molar-refractivity contribution in [3.63, 3.8) is 0 Å². The number of carbonyl (C=O) groups excluding carboxylic acids is 1. The van der Waals surface area contributed by atoms with E-state index in [4.69, 9.17) is 0 Å². The van der Waals surface area contributed by atoms with Gasteiger partial charge in [0.25, 0.3) is 0 Å². The Bertz CT molecular complexity index is 542. The van der Waals surface area contributed by atoms with Gasteiger partial charge in [-0.1, -0.05) is 13.8 Å². The van der Waals surface area contributed by atoms with Crippen molar-refractivity contribution in [1.82, 2.24) is 5.32 Å². The minimum absolute atomic E-state index is 0.0604. The van der Waals surface area contributed by atoms with Crippen LogP contribution in [0.3, 0.4) is 0 Å². The lowest BCUT2D eigenvalue weighted by Crippen LogP contribution is -2.41. The van der Waals surface area contributed by atoms with Crippen LogP contribution < -0.4 is 10.2 Å². The zero-order valence-corrected chi connectivity index (χ0v) is 11.7. The highest BCUT2D eigenvalue weighted by molar-refractivity contribution is 5.99. The van der Waals surface area contributed by atoms with Gasteiger partial charge in [-0.3, -0.25) is 4.79 Å². The quantitative estimate of drug-likeness (QED) is 0.871. The van der Waals surface area contributed by atoms with Crippen molar-refractivity contribution >= 4 is 11.6 Å². The van der Waals surface area contributed by atoms with Crippen LogP contribution in [0.25, 0.3) is 0 Å². The lowest BCUT2D eigenvalue weighted by Gasteiger charge is -2.20. The number of hydrogen-bond acceptors (Lipinski definition) is 2. The van der Waals surface area contributed by atoms with Gasteiger partial charge in [-0.2, -0.15) is 13.2 Å². The second-order valence-corrected chi connectivity index (χ2v) is 5.32. The van der Waals surface area contributed by atoms with Crippen LogP contribution in [0.1, 0.15) is 25.8 Å². The molecule has 116 valence electrons. The molecule has 21 heavy (non-hydrogen) atoms. The maximum atomic E-state index is 13.8. The standard InChI is InChI=1S/C14H16F4N2O/c1-8(2)19-11-5-6-20(13(11)21)12-7-9(14(16,17)18)3-4-10(12)15/h3-4,7-8,11,19H,5-6H2,1-2H3. The fourth-order valence-electron chi connectivity index (χ4n) is 2.37. The molecule has 1 aromatic rings. The Morgan fingerprint density at radius 2 is 2.00 bits per heavy atom. The molecular weight excluding hydrogens is 288 g/mol. The predicted molar refractivity (Wildman–Crippen MR) is 70.4 cm³/mol. The topological polar surface area (TPSA) is 32.3 Å². The third-order valence-corrected chi connectivity index (χ3v) is 3.30. The van der Waals surface area contributed by atoms with Gasteiger partial charge in [-0.15, -0.1) is 0 Å². The van der Waals surface area contributed by atoms with E-state index < -0.39 is 29.5 Å². The van der Waals surface area contributed by atoms with Gasteiger partial charge in [0, 0.05) is 12.6 Å². The number of hydrogen-bond donors (Lipinski definition) is 1. The maximum absolute atomic E-state index is 13.8. The molecular formula is C14H16F4N2O. The summed E-state index contributed by atoms with van der Waals surface area (Å²) < 4.78 is 51.9. The second-order valence-electron chi connectivity index (χ2n) is 5.32. The van der Waals surface area contributed by atoms with Crippen LogP contribution in [-0.2, 0) is 11.0 Å². The summed E-state index contributed by atoms with van der Waals surface area (Å²) in [5, 5.41) is 3.02. The van der Waals surface area contributed by atoms with E-state index in [0.717, 1.165) is 11.0 Å². The molecule has 0 saturated carbocycles. The molecule has 0 aliphatic carbocycles. The molecule has 1 amide bonds. The van der Waals surface area contributed by atoms with Gasteiger partial charge < -0.3 is 10.2 Å². The van der Waals surface area contributed by atoms with Gasteiger partial charge in [0.15, 0.2) is 0 Å². The van der Waals surface area contributed by atoms with E-state index in [1.807, 2.05) is 13.8 Å². The van der Waals surface area contributed by atoms with E-state index in [2.05, 4.69) is 5.32 Å². The summed E-state index contributed by atoms with van der Waals surface area (Å²) in [5.41, 5.74) is -1.28. The van der Waals surface area contributed by atoms with E-state index in [-0.39, 0.29) is 18.3 Å². The van der Waals surface area contributed by atoms with Crippen LogP contribution in [-0.4, -0.2) is 24.5 Å². The van der Waals surface area contributed by atoms with Crippen LogP contribution >= 0.6 is 0 Å². The Kier molecular flexibility index (Phi) is 4.22. The Morgan fingerprint density at radius 1 is 1.33 bits per heavy atom. The lowest BCUT2D eigenvalue weighted by atomic mass is 10.1.